The first-order valence-electron chi connectivity index (χ1n) is 6.93. The molecular weight excluding hydrogens is 276 g/mol. The van der Waals surface area contributed by atoms with Gasteiger partial charge in [-0.2, -0.15) is 0 Å². The summed E-state index contributed by atoms with van der Waals surface area (Å²) in [6.45, 7) is 8.55. The molecule has 2 amide bonds. The van der Waals surface area contributed by atoms with Crippen molar-refractivity contribution in [2.24, 2.45) is 11.8 Å². The fourth-order valence-electron chi connectivity index (χ4n) is 1.54. The lowest BCUT2D eigenvalue weighted by molar-refractivity contribution is 0.117. The molecule has 7 heteroatoms. The van der Waals surface area contributed by atoms with Gasteiger partial charge in [-0.05, 0) is 18.3 Å². The van der Waals surface area contributed by atoms with Crippen LogP contribution in [0.25, 0.3) is 0 Å². The third kappa shape index (κ3) is 6.29. The van der Waals surface area contributed by atoms with Crippen LogP contribution in [0.1, 0.15) is 39.1 Å². The minimum atomic E-state index is -0.394. The van der Waals surface area contributed by atoms with Crippen LogP contribution in [0.5, 0.6) is 0 Å². The highest BCUT2D eigenvalue weighted by atomic mass is 32.1. The van der Waals surface area contributed by atoms with Gasteiger partial charge in [0.15, 0.2) is 0 Å². The number of aliphatic hydroxyl groups excluding tert-OH is 1. The van der Waals surface area contributed by atoms with Crippen molar-refractivity contribution in [2.75, 3.05) is 11.9 Å². The minimum Gasteiger partial charge on any atom is -0.393 e. The molecule has 0 fully saturated rings. The molecule has 0 aliphatic carbocycles. The molecule has 1 heterocycles. The van der Waals surface area contributed by atoms with Gasteiger partial charge in [-0.15, -0.1) is 10.2 Å². The van der Waals surface area contributed by atoms with Crippen LogP contribution in [0.15, 0.2) is 0 Å². The van der Waals surface area contributed by atoms with E-state index < -0.39 is 6.10 Å². The van der Waals surface area contributed by atoms with Gasteiger partial charge in [-0.3, -0.25) is 5.32 Å². The van der Waals surface area contributed by atoms with Gasteiger partial charge in [0.2, 0.25) is 5.13 Å². The van der Waals surface area contributed by atoms with Crippen molar-refractivity contribution >= 4 is 22.5 Å². The molecule has 1 aromatic rings. The van der Waals surface area contributed by atoms with Crippen LogP contribution in [0.2, 0.25) is 0 Å². The van der Waals surface area contributed by atoms with Gasteiger partial charge in [-0.1, -0.05) is 39.0 Å². The van der Waals surface area contributed by atoms with Crippen molar-refractivity contribution < 1.29 is 9.90 Å². The Morgan fingerprint density at radius 3 is 2.60 bits per heavy atom. The molecule has 20 heavy (non-hydrogen) atoms. The van der Waals surface area contributed by atoms with Crippen LogP contribution in [-0.4, -0.2) is 34.0 Å². The van der Waals surface area contributed by atoms with Crippen LogP contribution in [0.3, 0.4) is 0 Å². The van der Waals surface area contributed by atoms with E-state index >= 15 is 0 Å². The lowest BCUT2D eigenvalue weighted by Crippen LogP contribution is -2.32. The average molecular weight is 300 g/mol. The second kappa shape index (κ2) is 8.16. The van der Waals surface area contributed by atoms with E-state index in [1.165, 1.54) is 11.3 Å². The van der Waals surface area contributed by atoms with Gasteiger partial charge in [0, 0.05) is 13.0 Å². The Bertz CT molecular complexity index is 420. The second-order valence-corrected chi connectivity index (χ2v) is 6.64. The fourth-order valence-corrected chi connectivity index (χ4v) is 2.49. The molecule has 0 aromatic carbocycles. The van der Waals surface area contributed by atoms with Crippen molar-refractivity contribution in [1.29, 1.82) is 0 Å². The number of rotatable bonds is 7. The van der Waals surface area contributed by atoms with Crippen LogP contribution >= 0.6 is 11.3 Å². The molecule has 0 bridgehead atoms. The highest BCUT2D eigenvalue weighted by Crippen LogP contribution is 2.17. The Morgan fingerprint density at radius 1 is 1.30 bits per heavy atom. The first kappa shape index (κ1) is 16.8. The number of anilines is 1. The van der Waals surface area contributed by atoms with E-state index in [0.717, 1.165) is 11.4 Å². The quantitative estimate of drug-likeness (QED) is 0.721. The Labute approximate surface area is 124 Å². The number of aliphatic hydroxyl groups is 1. The zero-order valence-electron chi connectivity index (χ0n) is 12.5. The van der Waals surface area contributed by atoms with E-state index in [1.807, 2.05) is 13.8 Å². The largest absolute Gasteiger partial charge is 0.393 e. The number of aromatic nitrogens is 2. The molecule has 0 saturated heterocycles. The zero-order chi connectivity index (χ0) is 15.1. The van der Waals surface area contributed by atoms with Crippen LogP contribution in [0, 0.1) is 11.8 Å². The number of carbonyl (C=O) groups excluding carboxylic acids is 1. The van der Waals surface area contributed by atoms with Crippen molar-refractivity contribution in [3.05, 3.63) is 5.01 Å². The molecule has 114 valence electrons. The van der Waals surface area contributed by atoms with Crippen LogP contribution in [0.4, 0.5) is 9.93 Å². The normalized spacial score (nSPS) is 12.8. The van der Waals surface area contributed by atoms with Gasteiger partial charge in [0.05, 0.1) is 6.10 Å². The number of hydrogen-bond donors (Lipinski definition) is 3. The molecule has 0 radical (unpaired) electrons. The van der Waals surface area contributed by atoms with E-state index in [9.17, 15) is 9.90 Å². The van der Waals surface area contributed by atoms with E-state index in [4.69, 9.17) is 0 Å². The van der Waals surface area contributed by atoms with Crippen molar-refractivity contribution in [3.8, 4) is 0 Å². The molecule has 1 atom stereocenters. The standard InChI is InChI=1S/C13H24N4O2S/c1-8(2)7-11-16-17-13(20-11)15-12(19)14-6-5-10(18)9(3)4/h8-10,18H,5-7H2,1-4H3,(H2,14,15,17,19). The molecule has 0 spiro atoms. The maximum Gasteiger partial charge on any atom is 0.321 e. The molecule has 3 N–H and O–H groups in total. The number of hydrogen-bond acceptors (Lipinski definition) is 5. The highest BCUT2D eigenvalue weighted by Gasteiger charge is 2.11. The summed E-state index contributed by atoms with van der Waals surface area (Å²) in [4.78, 5) is 11.6. The Kier molecular flexibility index (Phi) is 6.87. The molecule has 1 rings (SSSR count). The molecule has 1 aromatic heterocycles. The van der Waals surface area contributed by atoms with E-state index in [0.29, 0.717) is 24.0 Å². The van der Waals surface area contributed by atoms with E-state index in [2.05, 4.69) is 34.7 Å². The minimum absolute atomic E-state index is 0.196. The number of amides is 2. The fraction of sp³-hybridized carbons (Fsp3) is 0.769. The first-order chi connectivity index (χ1) is 9.38. The summed E-state index contributed by atoms with van der Waals surface area (Å²) in [5.74, 6) is 0.712. The maximum atomic E-state index is 11.6. The Balaban J connectivity index is 2.30. The summed E-state index contributed by atoms with van der Waals surface area (Å²) in [6.07, 6.45) is 1.01. The SMILES string of the molecule is CC(C)Cc1nnc(NC(=O)NCCC(O)C(C)C)s1. The number of nitrogens with one attached hydrogen (secondary N) is 2. The van der Waals surface area contributed by atoms with Gasteiger partial charge in [0.25, 0.3) is 0 Å². The molecule has 1 unspecified atom stereocenters. The number of urea groups is 1. The summed E-state index contributed by atoms with van der Waals surface area (Å²) in [5, 5.41) is 24.4. The second-order valence-electron chi connectivity index (χ2n) is 5.58. The van der Waals surface area contributed by atoms with Gasteiger partial charge in [0.1, 0.15) is 5.01 Å². The average Bonchev–Trinajstić information content (AvgIpc) is 2.75. The van der Waals surface area contributed by atoms with Crippen molar-refractivity contribution in [3.63, 3.8) is 0 Å². The van der Waals surface area contributed by atoms with Crippen molar-refractivity contribution in [1.82, 2.24) is 15.5 Å². The zero-order valence-corrected chi connectivity index (χ0v) is 13.3. The van der Waals surface area contributed by atoms with Gasteiger partial charge in [-0.25, -0.2) is 4.79 Å². The molecule has 0 saturated carbocycles. The third-order valence-corrected chi connectivity index (χ3v) is 3.63. The summed E-state index contributed by atoms with van der Waals surface area (Å²) in [7, 11) is 0. The Hall–Kier alpha value is -1.21. The summed E-state index contributed by atoms with van der Waals surface area (Å²) in [5.41, 5.74) is 0. The lowest BCUT2D eigenvalue weighted by Gasteiger charge is -2.14. The monoisotopic (exact) mass is 300 g/mol. The first-order valence-corrected chi connectivity index (χ1v) is 7.75. The predicted octanol–water partition coefficient (Wildman–Crippen LogP) is 2.27. The maximum absolute atomic E-state index is 11.6. The Morgan fingerprint density at radius 2 is 2.00 bits per heavy atom. The van der Waals surface area contributed by atoms with Gasteiger partial charge >= 0.3 is 6.03 Å². The molecule has 0 aliphatic rings. The van der Waals surface area contributed by atoms with Gasteiger partial charge < -0.3 is 10.4 Å². The molecule has 6 nitrogen and oxygen atoms in total. The lowest BCUT2D eigenvalue weighted by atomic mass is 10.0. The van der Waals surface area contributed by atoms with Crippen LogP contribution < -0.4 is 10.6 Å². The predicted molar refractivity (Wildman–Crippen MR) is 80.9 cm³/mol. The summed E-state index contributed by atoms with van der Waals surface area (Å²) < 4.78 is 0. The number of nitrogens with zero attached hydrogens (tertiary/aromatic N) is 2. The highest BCUT2D eigenvalue weighted by molar-refractivity contribution is 7.15. The topological polar surface area (TPSA) is 87.1 Å². The van der Waals surface area contributed by atoms with Crippen LogP contribution in [-0.2, 0) is 6.42 Å². The third-order valence-electron chi connectivity index (χ3n) is 2.77. The smallest absolute Gasteiger partial charge is 0.321 e. The number of carbonyl (C=O) groups is 1. The van der Waals surface area contributed by atoms with E-state index in [1.54, 1.807) is 0 Å². The molecular formula is C13H24N4O2S. The van der Waals surface area contributed by atoms with E-state index in [-0.39, 0.29) is 11.9 Å². The van der Waals surface area contributed by atoms with Crippen molar-refractivity contribution in [2.45, 2.75) is 46.6 Å². The summed E-state index contributed by atoms with van der Waals surface area (Å²) >= 11 is 1.39. The molecule has 0 aliphatic heterocycles. The summed E-state index contributed by atoms with van der Waals surface area (Å²) in [6, 6.07) is -0.312.